The summed E-state index contributed by atoms with van der Waals surface area (Å²) in [6.07, 6.45) is 4.62. The average Bonchev–Trinajstić information content (AvgIpc) is 2.96. The number of rotatable bonds is 8. The quantitative estimate of drug-likeness (QED) is 0.630. The molecule has 2 heterocycles. The van der Waals surface area contributed by atoms with Gasteiger partial charge in [-0.3, -0.25) is 0 Å². The Morgan fingerprint density at radius 3 is 3.05 bits per heavy atom. The fraction of sp³-hybridized carbons (Fsp3) is 0.714. The van der Waals surface area contributed by atoms with Gasteiger partial charge in [0.2, 0.25) is 10.0 Å². The molecule has 0 amide bonds. The minimum absolute atomic E-state index is 0.276. The van der Waals surface area contributed by atoms with Crippen LogP contribution in [-0.4, -0.2) is 39.7 Å². The summed E-state index contributed by atoms with van der Waals surface area (Å²) in [6.45, 7) is 5.53. The number of hydrogen-bond acceptors (Lipinski definition) is 4. The summed E-state index contributed by atoms with van der Waals surface area (Å²) in [5.74, 6) is 0.276. The molecule has 1 atom stereocenters. The number of aromatic nitrogens is 1. The zero-order valence-electron chi connectivity index (χ0n) is 12.5. The van der Waals surface area contributed by atoms with Crippen molar-refractivity contribution in [2.24, 2.45) is 5.92 Å². The van der Waals surface area contributed by atoms with E-state index < -0.39 is 10.0 Å². The van der Waals surface area contributed by atoms with E-state index in [0.717, 1.165) is 38.1 Å². The zero-order chi connectivity index (χ0) is 15.1. The maximum absolute atomic E-state index is 12.2. The van der Waals surface area contributed by atoms with Crippen LogP contribution in [0, 0.1) is 5.92 Å². The summed E-state index contributed by atoms with van der Waals surface area (Å²) >= 11 is 0. The smallest absolute Gasteiger partial charge is 0.242 e. The molecule has 7 heteroatoms. The highest BCUT2D eigenvalue weighted by Gasteiger charge is 2.20. The number of hydrogen-bond donors (Lipinski definition) is 3. The first-order valence-electron chi connectivity index (χ1n) is 7.57. The van der Waals surface area contributed by atoms with Gasteiger partial charge < -0.3 is 15.0 Å². The molecule has 3 N–H and O–H groups in total. The van der Waals surface area contributed by atoms with Gasteiger partial charge in [-0.25, -0.2) is 13.1 Å². The van der Waals surface area contributed by atoms with Crippen LogP contribution in [-0.2, 0) is 21.3 Å². The van der Waals surface area contributed by atoms with Crippen molar-refractivity contribution in [2.45, 2.75) is 37.6 Å². The van der Waals surface area contributed by atoms with Crippen LogP contribution in [0.5, 0.6) is 0 Å². The molecule has 1 unspecified atom stereocenters. The van der Waals surface area contributed by atoms with Crippen molar-refractivity contribution in [2.75, 3.05) is 26.3 Å². The van der Waals surface area contributed by atoms with Gasteiger partial charge in [0.25, 0.3) is 0 Å². The molecule has 0 bridgehead atoms. The Labute approximate surface area is 126 Å². The fourth-order valence-electron chi connectivity index (χ4n) is 2.36. The van der Waals surface area contributed by atoms with Crippen molar-refractivity contribution in [3.63, 3.8) is 0 Å². The first kappa shape index (κ1) is 16.5. The predicted molar refractivity (Wildman–Crippen MR) is 81.5 cm³/mol. The van der Waals surface area contributed by atoms with Crippen LogP contribution in [0.25, 0.3) is 0 Å². The molecule has 0 aliphatic carbocycles. The highest BCUT2D eigenvalue weighted by molar-refractivity contribution is 7.89. The third-order valence-electron chi connectivity index (χ3n) is 3.59. The monoisotopic (exact) mass is 315 g/mol. The minimum Gasteiger partial charge on any atom is -0.381 e. The number of aromatic amines is 1. The van der Waals surface area contributed by atoms with Crippen LogP contribution in [0.3, 0.4) is 0 Å². The van der Waals surface area contributed by atoms with Gasteiger partial charge in [0.05, 0.1) is 11.5 Å². The van der Waals surface area contributed by atoms with E-state index >= 15 is 0 Å². The molecular weight excluding hydrogens is 290 g/mol. The van der Waals surface area contributed by atoms with Gasteiger partial charge in [-0.15, -0.1) is 0 Å². The Bertz CT molecular complexity index is 521. The van der Waals surface area contributed by atoms with Crippen LogP contribution in [0.4, 0.5) is 0 Å². The first-order valence-corrected chi connectivity index (χ1v) is 9.05. The van der Waals surface area contributed by atoms with E-state index in [1.54, 1.807) is 12.3 Å². The van der Waals surface area contributed by atoms with E-state index in [9.17, 15) is 8.42 Å². The molecule has 6 nitrogen and oxygen atoms in total. The molecule has 1 saturated heterocycles. The third kappa shape index (κ3) is 5.10. The highest BCUT2D eigenvalue weighted by Crippen LogP contribution is 2.15. The summed E-state index contributed by atoms with van der Waals surface area (Å²) in [6, 6.07) is 1.68. The van der Waals surface area contributed by atoms with E-state index in [1.165, 1.54) is 0 Å². The van der Waals surface area contributed by atoms with E-state index in [-0.39, 0.29) is 5.92 Å². The summed E-state index contributed by atoms with van der Waals surface area (Å²) in [7, 11) is -3.43. The Balaban J connectivity index is 1.86. The van der Waals surface area contributed by atoms with Gasteiger partial charge in [-0.05, 0) is 37.8 Å². The molecule has 120 valence electrons. The molecule has 0 radical (unpaired) electrons. The third-order valence-corrected chi connectivity index (χ3v) is 4.99. The maximum atomic E-state index is 12.2. The average molecular weight is 315 g/mol. The van der Waals surface area contributed by atoms with Crippen LogP contribution in [0.2, 0.25) is 0 Å². The summed E-state index contributed by atoms with van der Waals surface area (Å²) in [5, 5.41) is 3.24. The van der Waals surface area contributed by atoms with Gasteiger partial charge in [0.1, 0.15) is 0 Å². The lowest BCUT2D eigenvalue weighted by molar-refractivity contribution is 0.0568. The molecule has 0 spiro atoms. The molecule has 0 aromatic carbocycles. The molecule has 1 aliphatic heterocycles. The Kier molecular flexibility index (Phi) is 6.22. The normalized spacial score (nSPS) is 19.8. The molecule has 1 aromatic rings. The van der Waals surface area contributed by atoms with Gasteiger partial charge in [0, 0.05) is 31.6 Å². The standard InChI is InChI=1S/C14H25N3O3S/c1-2-5-15-9-13-7-14(10-16-13)21(18,19)17-8-12-4-3-6-20-11-12/h7,10,12,15-17H,2-6,8-9,11H2,1H3. The van der Waals surface area contributed by atoms with Crippen molar-refractivity contribution < 1.29 is 13.2 Å². The SMILES string of the molecule is CCCNCc1cc(S(=O)(=O)NCC2CCCOC2)c[nH]1. The van der Waals surface area contributed by atoms with Crippen molar-refractivity contribution in [1.82, 2.24) is 15.0 Å². The van der Waals surface area contributed by atoms with Gasteiger partial charge in [-0.2, -0.15) is 0 Å². The van der Waals surface area contributed by atoms with Crippen molar-refractivity contribution >= 4 is 10.0 Å². The topological polar surface area (TPSA) is 83.2 Å². The van der Waals surface area contributed by atoms with Crippen LogP contribution in [0.1, 0.15) is 31.9 Å². The molecule has 0 saturated carbocycles. The molecular formula is C14H25N3O3S. The van der Waals surface area contributed by atoms with Gasteiger partial charge >= 0.3 is 0 Å². The Morgan fingerprint density at radius 2 is 2.33 bits per heavy atom. The molecule has 21 heavy (non-hydrogen) atoms. The van der Waals surface area contributed by atoms with Crippen molar-refractivity contribution in [1.29, 1.82) is 0 Å². The second kappa shape index (κ2) is 7.93. The number of ether oxygens (including phenoxy) is 1. The Hall–Kier alpha value is -0.890. The molecule has 1 aliphatic rings. The summed E-state index contributed by atoms with van der Waals surface area (Å²) in [4.78, 5) is 3.30. The molecule has 1 fully saturated rings. The lowest BCUT2D eigenvalue weighted by atomic mass is 10.0. The second-order valence-corrected chi connectivity index (χ2v) is 7.24. The predicted octanol–water partition coefficient (Wildman–Crippen LogP) is 1.22. The van der Waals surface area contributed by atoms with E-state index in [0.29, 0.717) is 24.6 Å². The van der Waals surface area contributed by atoms with Crippen molar-refractivity contribution in [3.05, 3.63) is 18.0 Å². The van der Waals surface area contributed by atoms with Crippen LogP contribution < -0.4 is 10.0 Å². The lowest BCUT2D eigenvalue weighted by Gasteiger charge is -2.21. The lowest BCUT2D eigenvalue weighted by Crippen LogP contribution is -2.33. The molecule has 1 aromatic heterocycles. The Morgan fingerprint density at radius 1 is 1.48 bits per heavy atom. The fourth-order valence-corrected chi connectivity index (χ4v) is 3.49. The van der Waals surface area contributed by atoms with Crippen LogP contribution in [0.15, 0.2) is 17.2 Å². The second-order valence-electron chi connectivity index (χ2n) is 5.47. The molecule has 2 rings (SSSR count). The van der Waals surface area contributed by atoms with Crippen molar-refractivity contribution in [3.8, 4) is 0 Å². The maximum Gasteiger partial charge on any atom is 0.242 e. The summed E-state index contributed by atoms with van der Waals surface area (Å²) < 4.78 is 32.5. The number of nitrogens with one attached hydrogen (secondary N) is 3. The van der Waals surface area contributed by atoms with E-state index in [1.807, 2.05) is 0 Å². The van der Waals surface area contributed by atoms with E-state index in [4.69, 9.17) is 4.74 Å². The van der Waals surface area contributed by atoms with Crippen LogP contribution >= 0.6 is 0 Å². The minimum atomic E-state index is -3.43. The number of sulfonamides is 1. The zero-order valence-corrected chi connectivity index (χ0v) is 13.3. The first-order chi connectivity index (χ1) is 10.1. The van der Waals surface area contributed by atoms with Gasteiger partial charge in [-0.1, -0.05) is 6.92 Å². The van der Waals surface area contributed by atoms with Gasteiger partial charge in [0.15, 0.2) is 0 Å². The largest absolute Gasteiger partial charge is 0.381 e. The van der Waals surface area contributed by atoms with E-state index in [2.05, 4.69) is 21.9 Å². The highest BCUT2D eigenvalue weighted by atomic mass is 32.2. The summed E-state index contributed by atoms with van der Waals surface area (Å²) in [5.41, 5.74) is 0.879. The number of H-pyrrole nitrogens is 1.